The van der Waals surface area contributed by atoms with Crippen molar-refractivity contribution < 1.29 is 0 Å². The lowest BCUT2D eigenvalue weighted by molar-refractivity contribution is -0.0811. The predicted octanol–water partition coefficient (Wildman–Crippen LogP) is 9.88. The lowest BCUT2D eigenvalue weighted by Gasteiger charge is -2.58. The van der Waals surface area contributed by atoms with Gasteiger partial charge in [0.2, 0.25) is 0 Å². The Balaban J connectivity index is 0.000000145. The van der Waals surface area contributed by atoms with Gasteiger partial charge in [0.05, 0.1) is 0 Å². The SMILES string of the molecule is CC(C)C1CC2CC(C1)N2C(C)C.CC(C)C1CC2CCC(C1)N2C(C)C.CC(C)C1CC2CCCC(C1)N2C(C)C. The van der Waals surface area contributed by atoms with Crippen molar-refractivity contribution in [2.75, 3.05) is 0 Å². The smallest absolute Gasteiger partial charge is 0.0118 e. The summed E-state index contributed by atoms with van der Waals surface area (Å²) in [4.78, 5) is 8.35. The minimum atomic E-state index is 0.758. The van der Waals surface area contributed by atoms with Crippen LogP contribution in [0.15, 0.2) is 0 Å². The molecule has 0 radical (unpaired) electrons. The molecule has 246 valence electrons. The molecular formula is C39H75N3. The van der Waals surface area contributed by atoms with E-state index in [1.807, 2.05) is 0 Å². The summed E-state index contributed by atoms with van der Waals surface area (Å²) >= 11 is 0. The van der Waals surface area contributed by atoms with Crippen molar-refractivity contribution in [2.45, 2.75) is 215 Å². The molecule has 7 aliphatic rings. The van der Waals surface area contributed by atoms with E-state index in [1.165, 1.54) is 77.0 Å². The first-order valence-corrected chi connectivity index (χ1v) is 19.1. The zero-order chi connectivity index (χ0) is 30.9. The van der Waals surface area contributed by atoms with Gasteiger partial charge in [-0.15, -0.1) is 0 Å². The van der Waals surface area contributed by atoms with Crippen LogP contribution in [-0.2, 0) is 0 Å². The molecule has 3 heteroatoms. The van der Waals surface area contributed by atoms with Crippen LogP contribution in [0.4, 0.5) is 0 Å². The maximum Gasteiger partial charge on any atom is 0.0118 e. The number of piperidine rings is 4. The van der Waals surface area contributed by atoms with Crippen molar-refractivity contribution in [3.05, 3.63) is 0 Å². The molecule has 0 amide bonds. The highest BCUT2D eigenvalue weighted by Crippen LogP contribution is 2.45. The average molecular weight is 586 g/mol. The monoisotopic (exact) mass is 586 g/mol. The molecule has 0 spiro atoms. The Bertz CT molecular complexity index is 761. The molecule has 6 heterocycles. The van der Waals surface area contributed by atoms with E-state index in [0.717, 1.165) is 89.9 Å². The highest BCUT2D eigenvalue weighted by Gasteiger charge is 2.46. The Morgan fingerprint density at radius 2 is 0.595 bits per heavy atom. The van der Waals surface area contributed by atoms with Crippen LogP contribution < -0.4 is 0 Å². The number of hydrogen-bond donors (Lipinski definition) is 0. The second-order valence-corrected chi connectivity index (χ2v) is 17.7. The van der Waals surface area contributed by atoms with Crippen LogP contribution in [0.3, 0.4) is 0 Å². The molecule has 0 N–H and O–H groups in total. The van der Waals surface area contributed by atoms with Crippen LogP contribution in [0.1, 0.15) is 160 Å². The molecule has 7 fully saturated rings. The number of fused-ring (bicyclic) bond motifs is 6. The quantitative estimate of drug-likeness (QED) is 0.307. The zero-order valence-corrected chi connectivity index (χ0v) is 30.5. The number of hydrogen-bond acceptors (Lipinski definition) is 3. The van der Waals surface area contributed by atoms with Gasteiger partial charge >= 0.3 is 0 Å². The average Bonchev–Trinajstić information content (AvgIpc) is 3.17. The molecule has 42 heavy (non-hydrogen) atoms. The maximum absolute atomic E-state index is 2.82. The van der Waals surface area contributed by atoms with E-state index in [4.69, 9.17) is 0 Å². The normalized spacial score (nSPS) is 38.6. The van der Waals surface area contributed by atoms with Crippen molar-refractivity contribution in [3.63, 3.8) is 0 Å². The van der Waals surface area contributed by atoms with Crippen molar-refractivity contribution >= 4 is 0 Å². The van der Waals surface area contributed by atoms with Gasteiger partial charge in [-0.25, -0.2) is 0 Å². The first-order valence-electron chi connectivity index (χ1n) is 19.1. The van der Waals surface area contributed by atoms with Crippen molar-refractivity contribution in [3.8, 4) is 0 Å². The summed E-state index contributed by atoms with van der Waals surface area (Å²) in [5.74, 6) is 5.70. The first kappa shape index (κ1) is 34.7. The van der Waals surface area contributed by atoms with Gasteiger partial charge in [-0.05, 0) is 148 Å². The van der Waals surface area contributed by atoms with Crippen LogP contribution in [0.25, 0.3) is 0 Å². The molecule has 1 saturated carbocycles. The third kappa shape index (κ3) is 7.99. The third-order valence-corrected chi connectivity index (χ3v) is 13.0. The predicted molar refractivity (Wildman–Crippen MR) is 184 cm³/mol. The summed E-state index contributed by atoms with van der Waals surface area (Å²) in [6.45, 7) is 28.5. The Kier molecular flexibility index (Phi) is 12.4. The van der Waals surface area contributed by atoms with Gasteiger partial charge in [-0.1, -0.05) is 48.0 Å². The van der Waals surface area contributed by atoms with E-state index in [1.54, 1.807) is 0 Å². The summed E-state index contributed by atoms with van der Waals surface area (Å²) < 4.78 is 0. The Labute approximate surface area is 264 Å². The fourth-order valence-electron chi connectivity index (χ4n) is 10.8. The van der Waals surface area contributed by atoms with Gasteiger partial charge in [0, 0.05) is 54.4 Å². The van der Waals surface area contributed by atoms with Crippen LogP contribution >= 0.6 is 0 Å². The van der Waals surface area contributed by atoms with Gasteiger partial charge in [-0.3, -0.25) is 14.7 Å². The summed E-state index contributed by atoms with van der Waals surface area (Å²) in [5, 5.41) is 0. The van der Waals surface area contributed by atoms with Crippen LogP contribution in [0.5, 0.6) is 0 Å². The van der Waals surface area contributed by atoms with E-state index in [2.05, 4.69) is 97.8 Å². The van der Waals surface area contributed by atoms with Crippen LogP contribution in [0.2, 0.25) is 0 Å². The third-order valence-electron chi connectivity index (χ3n) is 13.0. The van der Waals surface area contributed by atoms with Gasteiger partial charge in [-0.2, -0.15) is 0 Å². The lowest BCUT2D eigenvalue weighted by atomic mass is 9.69. The minimum Gasteiger partial charge on any atom is -0.295 e. The molecule has 3 nitrogen and oxygen atoms in total. The maximum atomic E-state index is 2.82. The molecule has 6 atom stereocenters. The summed E-state index contributed by atoms with van der Waals surface area (Å²) in [5.41, 5.74) is 0. The molecule has 6 saturated heterocycles. The van der Waals surface area contributed by atoms with Gasteiger partial charge in [0.25, 0.3) is 0 Å². The Morgan fingerprint density at radius 1 is 0.333 bits per heavy atom. The Hall–Kier alpha value is -0.120. The fourth-order valence-corrected chi connectivity index (χ4v) is 10.8. The van der Waals surface area contributed by atoms with Gasteiger partial charge in [0.15, 0.2) is 0 Å². The molecule has 6 aliphatic heterocycles. The molecule has 0 aromatic rings. The van der Waals surface area contributed by atoms with Crippen LogP contribution in [0, 0.1) is 35.5 Å². The van der Waals surface area contributed by atoms with Crippen LogP contribution in [-0.4, -0.2) is 69.1 Å². The van der Waals surface area contributed by atoms with E-state index >= 15 is 0 Å². The molecule has 1 aliphatic carbocycles. The van der Waals surface area contributed by atoms with E-state index < -0.39 is 0 Å². The standard InChI is InChI=1S/C14H27N.C13H25N.C12H23N/c1-10(2)12-8-13-6-5-7-14(9-12)15(13)11(3)4;1-9(2)11-7-12-5-6-13(8-11)14(12)10(3)4;1-8(2)10-5-11-7-12(6-10)13(11)9(3)4/h10-14H,5-9H2,1-4H3;9-13H,5-8H2,1-4H3;8-12H,5-7H2,1-4H3. The second-order valence-electron chi connectivity index (χ2n) is 17.7. The van der Waals surface area contributed by atoms with Crippen molar-refractivity contribution in [1.29, 1.82) is 0 Å². The molecule has 7 rings (SSSR count). The molecule has 0 aromatic carbocycles. The number of nitrogens with zero attached hydrogens (tertiary/aromatic N) is 3. The fraction of sp³-hybridized carbons (Fsp3) is 1.00. The molecule has 6 unspecified atom stereocenters. The van der Waals surface area contributed by atoms with E-state index in [0.29, 0.717) is 0 Å². The van der Waals surface area contributed by atoms with Gasteiger partial charge < -0.3 is 0 Å². The molecule has 0 aromatic heterocycles. The Morgan fingerprint density at radius 3 is 0.881 bits per heavy atom. The summed E-state index contributed by atoms with van der Waals surface area (Å²) in [6.07, 6.45) is 17.6. The topological polar surface area (TPSA) is 9.72 Å². The molecule has 6 bridgehead atoms. The summed E-state index contributed by atoms with van der Waals surface area (Å²) in [6, 6.07) is 7.82. The van der Waals surface area contributed by atoms with E-state index in [9.17, 15) is 0 Å². The minimum absolute atomic E-state index is 0.758. The van der Waals surface area contributed by atoms with Gasteiger partial charge in [0.1, 0.15) is 0 Å². The molecular weight excluding hydrogens is 510 g/mol. The zero-order valence-electron chi connectivity index (χ0n) is 30.5. The van der Waals surface area contributed by atoms with Crippen molar-refractivity contribution in [2.24, 2.45) is 35.5 Å². The highest BCUT2D eigenvalue weighted by atomic mass is 15.3. The van der Waals surface area contributed by atoms with E-state index in [-0.39, 0.29) is 0 Å². The number of rotatable bonds is 6. The summed E-state index contributed by atoms with van der Waals surface area (Å²) in [7, 11) is 0. The largest absolute Gasteiger partial charge is 0.295 e. The second kappa shape index (κ2) is 15.0. The lowest BCUT2D eigenvalue weighted by Crippen LogP contribution is -2.63. The van der Waals surface area contributed by atoms with Crippen molar-refractivity contribution in [1.82, 2.24) is 14.7 Å². The first-order chi connectivity index (χ1) is 19.8. The highest BCUT2D eigenvalue weighted by molar-refractivity contribution is 5.01.